The molecule has 4 heteroatoms. The van der Waals surface area contributed by atoms with Crippen molar-refractivity contribution >= 4 is 5.91 Å². The van der Waals surface area contributed by atoms with E-state index >= 15 is 0 Å². The third-order valence-corrected chi connectivity index (χ3v) is 3.59. The zero-order valence-corrected chi connectivity index (χ0v) is 11.5. The Balaban J connectivity index is 1.82. The number of nitrogens with two attached hydrogens (primary N) is 1. The molecule has 1 saturated heterocycles. The lowest BCUT2D eigenvalue weighted by Gasteiger charge is -2.26. The largest absolute Gasteiger partial charge is 0.492 e. The molecule has 0 spiro atoms. The number of benzene rings is 1. The second-order valence-electron chi connectivity index (χ2n) is 5.09. The number of hydrogen-bond donors (Lipinski definition) is 1. The summed E-state index contributed by atoms with van der Waals surface area (Å²) in [5, 5.41) is 0. The van der Waals surface area contributed by atoms with E-state index in [0.717, 1.165) is 17.9 Å². The highest BCUT2D eigenvalue weighted by Crippen LogP contribution is 2.17. The van der Waals surface area contributed by atoms with Crippen LogP contribution in [0.2, 0.25) is 0 Å². The van der Waals surface area contributed by atoms with Gasteiger partial charge in [0.2, 0.25) is 5.91 Å². The van der Waals surface area contributed by atoms with Gasteiger partial charge in [-0.15, -0.1) is 0 Å². The van der Waals surface area contributed by atoms with Gasteiger partial charge in [0.05, 0.1) is 0 Å². The molecule has 1 aliphatic rings. The van der Waals surface area contributed by atoms with Crippen molar-refractivity contribution in [1.29, 1.82) is 0 Å². The number of likely N-dealkylation sites (tertiary alicyclic amines) is 1. The Morgan fingerprint density at radius 1 is 1.32 bits per heavy atom. The van der Waals surface area contributed by atoms with Crippen molar-refractivity contribution in [2.24, 2.45) is 5.73 Å². The molecule has 0 saturated carbocycles. The number of primary amides is 1. The van der Waals surface area contributed by atoms with Crippen LogP contribution in [0.4, 0.5) is 0 Å². The number of carbonyl (C=O) groups is 1. The first-order valence-corrected chi connectivity index (χ1v) is 6.92. The van der Waals surface area contributed by atoms with Gasteiger partial charge in [-0.25, -0.2) is 0 Å². The van der Waals surface area contributed by atoms with Gasteiger partial charge in [-0.3, -0.25) is 9.69 Å². The van der Waals surface area contributed by atoms with Crippen LogP contribution in [0.5, 0.6) is 5.75 Å². The van der Waals surface area contributed by atoms with Gasteiger partial charge < -0.3 is 10.5 Å². The monoisotopic (exact) mass is 262 g/mol. The fourth-order valence-electron chi connectivity index (χ4n) is 2.48. The Morgan fingerprint density at radius 2 is 2.05 bits per heavy atom. The van der Waals surface area contributed by atoms with E-state index in [4.69, 9.17) is 10.5 Å². The summed E-state index contributed by atoms with van der Waals surface area (Å²) in [7, 11) is 0. The first kappa shape index (κ1) is 13.9. The van der Waals surface area contributed by atoms with Crippen molar-refractivity contribution in [2.75, 3.05) is 26.2 Å². The van der Waals surface area contributed by atoms with Gasteiger partial charge in [0.25, 0.3) is 0 Å². The Kier molecular flexibility index (Phi) is 4.80. The maximum atomic E-state index is 11.1. The second-order valence-corrected chi connectivity index (χ2v) is 5.09. The van der Waals surface area contributed by atoms with E-state index in [-0.39, 0.29) is 0 Å². The summed E-state index contributed by atoms with van der Waals surface area (Å²) in [6.45, 7) is 5.90. The molecule has 1 amide bonds. The first-order valence-electron chi connectivity index (χ1n) is 6.92. The van der Waals surface area contributed by atoms with Crippen LogP contribution in [0, 0.1) is 6.92 Å². The number of nitrogens with zero attached hydrogens (tertiary/aromatic N) is 1. The third-order valence-electron chi connectivity index (χ3n) is 3.59. The first-order chi connectivity index (χ1) is 9.16. The van der Waals surface area contributed by atoms with Gasteiger partial charge in [0.15, 0.2) is 0 Å². The molecule has 2 rings (SSSR count). The minimum Gasteiger partial charge on any atom is -0.492 e. The molecule has 1 aromatic carbocycles. The molecule has 0 radical (unpaired) electrons. The predicted octanol–water partition coefficient (Wildman–Crippen LogP) is 1.96. The molecule has 0 unspecified atom stereocenters. The van der Waals surface area contributed by atoms with E-state index in [1.54, 1.807) is 6.07 Å². The van der Waals surface area contributed by atoms with E-state index in [9.17, 15) is 4.79 Å². The lowest BCUT2D eigenvalue weighted by atomic mass is 10.1. The van der Waals surface area contributed by atoms with Crippen molar-refractivity contribution in [1.82, 2.24) is 4.90 Å². The van der Waals surface area contributed by atoms with Gasteiger partial charge in [-0.05, 0) is 56.6 Å². The molecule has 4 nitrogen and oxygen atoms in total. The van der Waals surface area contributed by atoms with Crippen LogP contribution in [0.15, 0.2) is 18.2 Å². The zero-order chi connectivity index (χ0) is 13.7. The average Bonchev–Trinajstić information content (AvgIpc) is 2.39. The van der Waals surface area contributed by atoms with E-state index in [0.29, 0.717) is 12.2 Å². The molecule has 1 fully saturated rings. The Labute approximate surface area is 114 Å². The molecular weight excluding hydrogens is 240 g/mol. The average molecular weight is 262 g/mol. The smallest absolute Gasteiger partial charge is 0.248 e. The molecule has 0 aliphatic carbocycles. The van der Waals surface area contributed by atoms with Gasteiger partial charge in [0.1, 0.15) is 12.4 Å². The van der Waals surface area contributed by atoms with Crippen LogP contribution in [-0.2, 0) is 0 Å². The molecular formula is C15H22N2O2. The zero-order valence-electron chi connectivity index (χ0n) is 11.5. The van der Waals surface area contributed by atoms with E-state index in [1.807, 2.05) is 19.1 Å². The fourth-order valence-corrected chi connectivity index (χ4v) is 2.48. The van der Waals surface area contributed by atoms with Gasteiger partial charge in [-0.1, -0.05) is 6.42 Å². The molecule has 1 aliphatic heterocycles. The van der Waals surface area contributed by atoms with Gasteiger partial charge in [0, 0.05) is 12.1 Å². The van der Waals surface area contributed by atoms with Crippen molar-refractivity contribution < 1.29 is 9.53 Å². The minimum absolute atomic E-state index is 0.391. The van der Waals surface area contributed by atoms with Crippen LogP contribution in [-0.4, -0.2) is 37.0 Å². The number of hydrogen-bond acceptors (Lipinski definition) is 3. The van der Waals surface area contributed by atoms with Crippen LogP contribution in [0.25, 0.3) is 0 Å². The SMILES string of the molecule is Cc1cc(OCCN2CCCCC2)ccc1C(N)=O. The number of carbonyl (C=O) groups excluding carboxylic acids is 1. The summed E-state index contributed by atoms with van der Waals surface area (Å²) >= 11 is 0. The Morgan fingerprint density at radius 3 is 2.68 bits per heavy atom. The second kappa shape index (κ2) is 6.57. The van der Waals surface area contributed by atoms with Crippen LogP contribution in [0.1, 0.15) is 35.2 Å². The van der Waals surface area contributed by atoms with Crippen LogP contribution >= 0.6 is 0 Å². The summed E-state index contributed by atoms with van der Waals surface area (Å²) < 4.78 is 5.73. The normalized spacial score (nSPS) is 16.3. The summed E-state index contributed by atoms with van der Waals surface area (Å²) in [5.74, 6) is 0.414. The number of amides is 1. The molecule has 0 aromatic heterocycles. The number of piperidine rings is 1. The van der Waals surface area contributed by atoms with Crippen molar-refractivity contribution in [2.45, 2.75) is 26.2 Å². The van der Waals surface area contributed by atoms with E-state index < -0.39 is 5.91 Å². The Bertz CT molecular complexity index is 440. The number of ether oxygens (including phenoxy) is 1. The van der Waals surface area contributed by atoms with E-state index in [1.165, 1.54) is 32.4 Å². The quantitative estimate of drug-likeness (QED) is 0.882. The fraction of sp³-hybridized carbons (Fsp3) is 0.533. The lowest BCUT2D eigenvalue weighted by molar-refractivity contribution is 0.0999. The van der Waals surface area contributed by atoms with Crippen LogP contribution < -0.4 is 10.5 Å². The highest BCUT2D eigenvalue weighted by Gasteiger charge is 2.10. The minimum atomic E-state index is -0.391. The topological polar surface area (TPSA) is 55.6 Å². The van der Waals surface area contributed by atoms with Gasteiger partial charge >= 0.3 is 0 Å². The highest BCUT2D eigenvalue weighted by molar-refractivity contribution is 5.94. The summed E-state index contributed by atoms with van der Waals surface area (Å²) in [4.78, 5) is 13.6. The molecule has 19 heavy (non-hydrogen) atoms. The predicted molar refractivity (Wildman–Crippen MR) is 75.5 cm³/mol. The standard InChI is InChI=1S/C15H22N2O2/c1-12-11-13(5-6-14(12)15(16)18)19-10-9-17-7-3-2-4-8-17/h5-6,11H,2-4,7-10H2,1H3,(H2,16,18). The van der Waals surface area contributed by atoms with Gasteiger partial charge in [-0.2, -0.15) is 0 Å². The summed E-state index contributed by atoms with van der Waals surface area (Å²) in [6, 6.07) is 5.41. The summed E-state index contributed by atoms with van der Waals surface area (Å²) in [5.41, 5.74) is 6.70. The molecule has 0 atom stereocenters. The van der Waals surface area contributed by atoms with Crippen molar-refractivity contribution in [3.8, 4) is 5.75 Å². The third kappa shape index (κ3) is 3.96. The van der Waals surface area contributed by atoms with Crippen molar-refractivity contribution in [3.05, 3.63) is 29.3 Å². The maximum absolute atomic E-state index is 11.1. The number of aryl methyl sites for hydroxylation is 1. The molecule has 2 N–H and O–H groups in total. The lowest BCUT2D eigenvalue weighted by Crippen LogP contribution is -2.33. The maximum Gasteiger partial charge on any atom is 0.248 e. The molecule has 104 valence electrons. The Hall–Kier alpha value is -1.55. The molecule has 0 bridgehead atoms. The summed E-state index contributed by atoms with van der Waals surface area (Å²) in [6.07, 6.45) is 3.95. The molecule has 1 aromatic rings. The van der Waals surface area contributed by atoms with Crippen molar-refractivity contribution in [3.63, 3.8) is 0 Å². The van der Waals surface area contributed by atoms with E-state index in [2.05, 4.69) is 4.90 Å². The molecule has 1 heterocycles. The highest BCUT2D eigenvalue weighted by atomic mass is 16.5. The van der Waals surface area contributed by atoms with Crippen LogP contribution in [0.3, 0.4) is 0 Å². The number of rotatable bonds is 5.